The third kappa shape index (κ3) is 7.28. The van der Waals surface area contributed by atoms with Crippen molar-refractivity contribution in [2.75, 3.05) is 26.4 Å². The minimum atomic E-state index is -3.00. The zero-order valence-electron chi connectivity index (χ0n) is 15.3. The maximum Gasteiger partial charge on any atom is 0.382 e. The topological polar surface area (TPSA) is 93.2 Å². The summed E-state index contributed by atoms with van der Waals surface area (Å²) in [5, 5.41) is 0.150. The van der Waals surface area contributed by atoms with E-state index in [1.54, 1.807) is 27.7 Å². The molecule has 1 heterocycles. The predicted molar refractivity (Wildman–Crippen MR) is 101 cm³/mol. The average Bonchev–Trinajstić information content (AvgIpc) is 2.96. The molecule has 1 rings (SSSR count). The minimum Gasteiger partial charge on any atom is -0.466 e. The van der Waals surface area contributed by atoms with E-state index in [2.05, 4.69) is 4.98 Å². The molecular formula is C15H24NO7PS2. The zero-order chi connectivity index (χ0) is 19.6. The molecule has 8 nitrogen and oxygen atoms in total. The van der Waals surface area contributed by atoms with Gasteiger partial charge in [0.25, 0.3) is 5.19 Å². The van der Waals surface area contributed by atoms with Crippen molar-refractivity contribution in [3.05, 3.63) is 10.6 Å². The number of carbonyl (C=O) groups is 2. The molecule has 0 aliphatic rings. The molecule has 11 heteroatoms. The fraction of sp³-hybridized carbons (Fsp3) is 0.667. The predicted octanol–water partition coefficient (Wildman–Crippen LogP) is 3.49. The Kier molecular flexibility index (Phi) is 10.3. The number of hydrogen-bond donors (Lipinski definition) is 0. The van der Waals surface area contributed by atoms with Gasteiger partial charge in [-0.2, -0.15) is 0 Å². The molecule has 26 heavy (non-hydrogen) atoms. The number of carbonyl (C=O) groups excluding carboxylic acids is 2. The van der Waals surface area contributed by atoms with Crippen LogP contribution in [0.15, 0.2) is 0 Å². The lowest BCUT2D eigenvalue weighted by Gasteiger charge is -2.18. The smallest absolute Gasteiger partial charge is 0.382 e. The molecule has 0 bridgehead atoms. The molecule has 0 aliphatic carbocycles. The van der Waals surface area contributed by atoms with Crippen molar-refractivity contribution in [1.29, 1.82) is 0 Å². The van der Waals surface area contributed by atoms with Crippen molar-refractivity contribution in [2.45, 2.75) is 40.5 Å². The van der Waals surface area contributed by atoms with E-state index in [1.807, 2.05) is 0 Å². The van der Waals surface area contributed by atoms with Gasteiger partial charge in [-0.1, -0.05) is 11.3 Å². The lowest BCUT2D eigenvalue weighted by atomic mass is 10.2. The van der Waals surface area contributed by atoms with Crippen molar-refractivity contribution in [2.24, 2.45) is 0 Å². The maximum absolute atomic E-state index is 12.2. The Labute approximate surface area is 162 Å². The van der Waals surface area contributed by atoms with E-state index >= 15 is 0 Å². The summed E-state index contributed by atoms with van der Waals surface area (Å²) in [6, 6.07) is 0. The van der Waals surface area contributed by atoms with Crippen LogP contribution >= 0.6 is 18.1 Å². The van der Waals surface area contributed by atoms with Crippen LogP contribution in [0.1, 0.15) is 49.5 Å². The Morgan fingerprint density at radius 3 is 2.19 bits per heavy atom. The molecule has 0 radical (unpaired) electrons. The number of nitrogens with zero attached hydrogens (tertiary/aromatic N) is 1. The highest BCUT2D eigenvalue weighted by molar-refractivity contribution is 8.07. The van der Waals surface area contributed by atoms with E-state index in [1.165, 1.54) is 0 Å². The minimum absolute atomic E-state index is 0.0918. The average molecular weight is 425 g/mol. The largest absolute Gasteiger partial charge is 0.466 e. The van der Waals surface area contributed by atoms with Gasteiger partial charge in [0, 0.05) is 18.2 Å². The van der Waals surface area contributed by atoms with Crippen LogP contribution in [-0.2, 0) is 41.5 Å². The van der Waals surface area contributed by atoms with E-state index in [0.717, 1.165) is 11.3 Å². The summed E-state index contributed by atoms with van der Waals surface area (Å²) in [5.41, 5.74) is 0.394. The summed E-state index contributed by atoms with van der Waals surface area (Å²) in [5.74, 6) is -0.897. The first-order chi connectivity index (χ1) is 12.4. The van der Waals surface area contributed by atoms with Crippen molar-refractivity contribution < 1.29 is 32.6 Å². The fourth-order valence-corrected chi connectivity index (χ4v) is 5.06. The first kappa shape index (κ1) is 23.0. The highest BCUT2D eigenvalue weighted by Gasteiger charge is 2.27. The van der Waals surface area contributed by atoms with Gasteiger partial charge in [0.2, 0.25) is 0 Å². The van der Waals surface area contributed by atoms with Gasteiger partial charge in [0.05, 0.1) is 38.5 Å². The first-order valence-electron chi connectivity index (χ1n) is 8.30. The molecule has 1 aromatic heterocycles. The second-order valence-electron chi connectivity index (χ2n) is 4.66. The van der Waals surface area contributed by atoms with Gasteiger partial charge in [-0.15, -0.1) is 0 Å². The van der Waals surface area contributed by atoms with Crippen LogP contribution in [0.25, 0.3) is 0 Å². The summed E-state index contributed by atoms with van der Waals surface area (Å²) >= 11 is 6.31. The van der Waals surface area contributed by atoms with Crippen LogP contribution in [0.2, 0.25) is 0 Å². The highest BCUT2D eigenvalue weighted by Crippen LogP contribution is 2.50. The molecule has 0 fully saturated rings. The standard InChI is InChI=1S/C15H24NO7PS2/c1-5-19-12(17)10-9-11-13(14(18)20-6-2)26-15(16-11)23-24(25,21-7-3)22-8-4/h5-10H2,1-4H3. The van der Waals surface area contributed by atoms with Gasteiger partial charge in [-0.3, -0.25) is 13.8 Å². The van der Waals surface area contributed by atoms with Gasteiger partial charge < -0.3 is 14.0 Å². The van der Waals surface area contributed by atoms with Crippen molar-refractivity contribution >= 4 is 41.8 Å². The van der Waals surface area contributed by atoms with Crippen molar-refractivity contribution in [3.63, 3.8) is 0 Å². The highest BCUT2D eigenvalue weighted by atomic mass is 32.5. The van der Waals surface area contributed by atoms with Crippen LogP contribution in [0.5, 0.6) is 5.19 Å². The summed E-state index contributed by atoms with van der Waals surface area (Å²) < 4.78 is 26.4. The molecular weight excluding hydrogens is 401 g/mol. The Morgan fingerprint density at radius 1 is 1.04 bits per heavy atom. The monoisotopic (exact) mass is 425 g/mol. The number of ether oxygens (including phenoxy) is 2. The number of esters is 2. The lowest BCUT2D eigenvalue weighted by molar-refractivity contribution is -0.143. The first-order valence-corrected chi connectivity index (χ1v) is 11.7. The maximum atomic E-state index is 12.2. The Balaban J connectivity index is 3.02. The second-order valence-corrected chi connectivity index (χ2v) is 8.55. The lowest BCUT2D eigenvalue weighted by Crippen LogP contribution is -2.09. The van der Waals surface area contributed by atoms with Crippen LogP contribution in [-0.4, -0.2) is 43.4 Å². The summed E-state index contributed by atoms with van der Waals surface area (Å²) in [4.78, 5) is 28.3. The van der Waals surface area contributed by atoms with Crippen molar-refractivity contribution in [1.82, 2.24) is 4.98 Å². The van der Waals surface area contributed by atoms with Gasteiger partial charge >= 0.3 is 18.7 Å². The van der Waals surface area contributed by atoms with Crippen LogP contribution in [0.4, 0.5) is 0 Å². The number of thiazole rings is 1. The Hall–Kier alpha value is -1.06. The summed E-state index contributed by atoms with van der Waals surface area (Å²) in [6.45, 7) is 5.15. The molecule has 1 aromatic rings. The van der Waals surface area contributed by atoms with Gasteiger partial charge in [-0.05, 0) is 27.7 Å². The third-order valence-electron chi connectivity index (χ3n) is 2.77. The fourth-order valence-electron chi connectivity index (χ4n) is 1.85. The second kappa shape index (κ2) is 11.6. The molecule has 0 aliphatic heterocycles. The molecule has 0 saturated carbocycles. The molecule has 0 N–H and O–H groups in total. The molecule has 0 spiro atoms. The normalized spacial score (nSPS) is 11.2. The van der Waals surface area contributed by atoms with E-state index in [4.69, 9.17) is 34.9 Å². The van der Waals surface area contributed by atoms with Gasteiger partial charge in [0.15, 0.2) is 0 Å². The summed E-state index contributed by atoms with van der Waals surface area (Å²) in [7, 11) is 0. The molecule has 0 aromatic carbocycles. The SMILES string of the molecule is CCOC(=O)CCc1nc(OP(=S)(OCC)OCC)sc1C(=O)OCC. The number of hydrogen-bond acceptors (Lipinski definition) is 10. The molecule has 0 amide bonds. The third-order valence-corrected chi connectivity index (χ3v) is 6.25. The quantitative estimate of drug-likeness (QED) is 0.368. The number of rotatable bonds is 12. The molecule has 0 saturated heterocycles. The van der Waals surface area contributed by atoms with E-state index in [9.17, 15) is 9.59 Å². The van der Waals surface area contributed by atoms with E-state index in [0.29, 0.717) is 25.5 Å². The van der Waals surface area contributed by atoms with Gasteiger partial charge in [-0.25, -0.2) is 9.78 Å². The summed E-state index contributed by atoms with van der Waals surface area (Å²) in [6.07, 6.45) is 0.313. The zero-order valence-corrected chi connectivity index (χ0v) is 17.8. The number of aryl methyl sites for hydroxylation is 1. The molecule has 0 atom stereocenters. The van der Waals surface area contributed by atoms with Gasteiger partial charge in [0.1, 0.15) is 4.88 Å². The van der Waals surface area contributed by atoms with Crippen LogP contribution in [0, 0.1) is 0 Å². The molecule has 0 unspecified atom stereocenters. The number of aromatic nitrogens is 1. The van der Waals surface area contributed by atoms with Crippen molar-refractivity contribution in [3.8, 4) is 5.19 Å². The Morgan fingerprint density at radius 2 is 1.65 bits per heavy atom. The Bertz CT molecular complexity index is 640. The van der Waals surface area contributed by atoms with E-state index in [-0.39, 0.29) is 35.5 Å². The molecule has 148 valence electrons. The van der Waals surface area contributed by atoms with E-state index < -0.39 is 12.7 Å². The van der Waals surface area contributed by atoms with Crippen LogP contribution < -0.4 is 4.52 Å². The van der Waals surface area contributed by atoms with Crippen LogP contribution in [0.3, 0.4) is 0 Å².